The van der Waals surface area contributed by atoms with Crippen LogP contribution in [0.4, 0.5) is 4.39 Å². The molecule has 100 valence electrons. The van der Waals surface area contributed by atoms with Crippen LogP contribution in [0.15, 0.2) is 29.2 Å². The quantitative estimate of drug-likeness (QED) is 0.780. The molecular weight excluding hydrogens is 253 g/mol. The van der Waals surface area contributed by atoms with Crippen LogP contribution in [-0.4, -0.2) is 28.9 Å². The molecule has 0 bridgehead atoms. The van der Waals surface area contributed by atoms with Crippen molar-refractivity contribution in [3.63, 3.8) is 0 Å². The first-order valence-electron chi connectivity index (χ1n) is 5.73. The minimum absolute atomic E-state index is 0.0401. The normalized spacial score (nSPS) is 11.3. The zero-order chi connectivity index (χ0) is 13.6. The second-order valence-corrected chi connectivity index (χ2v) is 5.70. The number of halogens is 1. The van der Waals surface area contributed by atoms with Crippen LogP contribution in [0.25, 0.3) is 0 Å². The molecule has 1 amide bonds. The lowest BCUT2D eigenvalue weighted by Crippen LogP contribution is -2.44. The van der Waals surface area contributed by atoms with E-state index < -0.39 is 5.54 Å². The zero-order valence-corrected chi connectivity index (χ0v) is 11.4. The number of hydrogen-bond donors (Lipinski definition) is 2. The fraction of sp³-hybridized carbons (Fsp3) is 0.462. The molecule has 1 aromatic rings. The second kappa shape index (κ2) is 6.75. The Kier molecular flexibility index (Phi) is 5.62. The van der Waals surface area contributed by atoms with Gasteiger partial charge < -0.3 is 10.4 Å². The van der Waals surface area contributed by atoms with Crippen LogP contribution in [0.1, 0.15) is 20.3 Å². The summed E-state index contributed by atoms with van der Waals surface area (Å²) in [6, 6.07) is 6.03. The topological polar surface area (TPSA) is 49.3 Å². The molecule has 3 nitrogen and oxygen atoms in total. The molecule has 1 rings (SSSR count). The van der Waals surface area contributed by atoms with Crippen molar-refractivity contribution in [2.75, 3.05) is 12.4 Å². The number of carbonyl (C=O) groups is 1. The molecule has 1 aromatic carbocycles. The highest BCUT2D eigenvalue weighted by atomic mass is 32.2. The van der Waals surface area contributed by atoms with Gasteiger partial charge in [0.05, 0.1) is 5.75 Å². The van der Waals surface area contributed by atoms with Crippen molar-refractivity contribution < 1.29 is 14.3 Å². The summed E-state index contributed by atoms with van der Waals surface area (Å²) in [4.78, 5) is 12.5. The lowest BCUT2D eigenvalue weighted by molar-refractivity contribution is -0.120. The van der Waals surface area contributed by atoms with Crippen molar-refractivity contribution in [3.05, 3.63) is 30.1 Å². The summed E-state index contributed by atoms with van der Waals surface area (Å²) < 4.78 is 12.7. The smallest absolute Gasteiger partial charge is 0.230 e. The Labute approximate surface area is 111 Å². The third kappa shape index (κ3) is 5.51. The standard InChI is InChI=1S/C13H18FNO2S/c1-13(2,7-8-16)15-12(17)9-18-11-5-3-10(14)4-6-11/h3-6,16H,7-9H2,1-2H3,(H,15,17). The molecule has 0 aromatic heterocycles. The zero-order valence-electron chi connectivity index (χ0n) is 10.6. The van der Waals surface area contributed by atoms with E-state index >= 15 is 0 Å². The number of rotatable bonds is 6. The van der Waals surface area contributed by atoms with Crippen molar-refractivity contribution >= 4 is 17.7 Å². The van der Waals surface area contributed by atoms with Gasteiger partial charge in [-0.25, -0.2) is 4.39 Å². The van der Waals surface area contributed by atoms with Crippen LogP contribution < -0.4 is 5.32 Å². The minimum atomic E-state index is -0.408. The molecule has 5 heteroatoms. The Morgan fingerprint density at radius 2 is 2.00 bits per heavy atom. The van der Waals surface area contributed by atoms with Crippen molar-refractivity contribution in [2.24, 2.45) is 0 Å². The fourth-order valence-electron chi connectivity index (χ4n) is 1.44. The van der Waals surface area contributed by atoms with E-state index in [9.17, 15) is 9.18 Å². The lowest BCUT2D eigenvalue weighted by atomic mass is 10.0. The molecule has 0 spiro atoms. The number of aliphatic hydroxyl groups is 1. The third-order valence-electron chi connectivity index (χ3n) is 2.40. The maximum atomic E-state index is 12.7. The molecule has 0 heterocycles. The van der Waals surface area contributed by atoms with E-state index in [1.165, 1.54) is 23.9 Å². The number of aliphatic hydroxyl groups excluding tert-OH is 1. The molecule has 18 heavy (non-hydrogen) atoms. The highest BCUT2D eigenvalue weighted by Crippen LogP contribution is 2.18. The number of thioether (sulfide) groups is 1. The summed E-state index contributed by atoms with van der Waals surface area (Å²) in [6.45, 7) is 3.77. The SMILES string of the molecule is CC(C)(CCO)NC(=O)CSc1ccc(F)cc1. The molecule has 0 aliphatic carbocycles. The van der Waals surface area contributed by atoms with E-state index in [1.54, 1.807) is 12.1 Å². The van der Waals surface area contributed by atoms with Gasteiger partial charge in [-0.2, -0.15) is 0 Å². The first kappa shape index (κ1) is 15.0. The summed E-state index contributed by atoms with van der Waals surface area (Å²) >= 11 is 1.35. The number of amides is 1. The Hall–Kier alpha value is -1.07. The molecule has 0 aliphatic rings. The second-order valence-electron chi connectivity index (χ2n) is 4.65. The average molecular weight is 271 g/mol. The van der Waals surface area contributed by atoms with Gasteiger partial charge in [0.1, 0.15) is 5.82 Å². The molecule has 0 saturated heterocycles. The molecule has 0 fully saturated rings. The van der Waals surface area contributed by atoms with Gasteiger partial charge in [-0.3, -0.25) is 4.79 Å². The Bertz CT molecular complexity index is 392. The van der Waals surface area contributed by atoms with Crippen molar-refractivity contribution in [3.8, 4) is 0 Å². The van der Waals surface area contributed by atoms with Crippen LogP contribution in [0, 0.1) is 5.82 Å². The number of nitrogens with one attached hydrogen (secondary N) is 1. The number of benzene rings is 1. The molecule has 2 N–H and O–H groups in total. The van der Waals surface area contributed by atoms with Crippen LogP contribution in [0.2, 0.25) is 0 Å². The van der Waals surface area contributed by atoms with E-state index in [1.807, 2.05) is 13.8 Å². The van der Waals surface area contributed by atoms with E-state index in [4.69, 9.17) is 5.11 Å². The molecule has 0 atom stereocenters. The Balaban J connectivity index is 2.39. The first-order chi connectivity index (χ1) is 8.43. The van der Waals surface area contributed by atoms with Crippen molar-refractivity contribution in [2.45, 2.75) is 30.7 Å². The predicted molar refractivity (Wildman–Crippen MR) is 71.0 cm³/mol. The average Bonchev–Trinajstić information content (AvgIpc) is 2.27. The van der Waals surface area contributed by atoms with E-state index in [0.717, 1.165) is 4.90 Å². The van der Waals surface area contributed by atoms with Crippen molar-refractivity contribution in [1.82, 2.24) is 5.32 Å². The summed E-state index contributed by atoms with van der Waals surface area (Å²) in [5.41, 5.74) is -0.408. The van der Waals surface area contributed by atoms with Crippen molar-refractivity contribution in [1.29, 1.82) is 0 Å². The van der Waals surface area contributed by atoms with Crippen LogP contribution >= 0.6 is 11.8 Å². The summed E-state index contributed by atoms with van der Waals surface area (Å²) in [6.07, 6.45) is 0.514. The molecular formula is C13H18FNO2S. The number of carbonyl (C=O) groups excluding carboxylic acids is 1. The summed E-state index contributed by atoms with van der Waals surface area (Å²) in [5.74, 6) is -0.101. The van der Waals surface area contributed by atoms with Gasteiger partial charge in [-0.1, -0.05) is 0 Å². The van der Waals surface area contributed by atoms with Gasteiger partial charge in [0.2, 0.25) is 5.91 Å². The van der Waals surface area contributed by atoms with Crippen LogP contribution in [0.5, 0.6) is 0 Å². The third-order valence-corrected chi connectivity index (χ3v) is 3.41. The number of hydrogen-bond acceptors (Lipinski definition) is 3. The first-order valence-corrected chi connectivity index (χ1v) is 6.72. The summed E-state index contributed by atoms with van der Waals surface area (Å²) in [7, 11) is 0. The van der Waals surface area contributed by atoms with Crippen LogP contribution in [-0.2, 0) is 4.79 Å². The molecule has 0 radical (unpaired) electrons. The predicted octanol–water partition coefficient (Wildman–Crippen LogP) is 2.20. The maximum absolute atomic E-state index is 12.7. The Morgan fingerprint density at radius 1 is 1.39 bits per heavy atom. The van der Waals surface area contributed by atoms with Crippen LogP contribution in [0.3, 0.4) is 0 Å². The molecule has 0 saturated carbocycles. The van der Waals surface area contributed by atoms with E-state index in [2.05, 4.69) is 5.32 Å². The highest BCUT2D eigenvalue weighted by Gasteiger charge is 2.19. The monoisotopic (exact) mass is 271 g/mol. The van der Waals surface area contributed by atoms with E-state index in [0.29, 0.717) is 6.42 Å². The Morgan fingerprint density at radius 3 is 2.56 bits per heavy atom. The van der Waals surface area contributed by atoms with Gasteiger partial charge in [0.15, 0.2) is 0 Å². The van der Waals surface area contributed by atoms with Gasteiger partial charge in [0.25, 0.3) is 0 Å². The summed E-state index contributed by atoms with van der Waals surface area (Å²) in [5, 5.41) is 11.7. The van der Waals surface area contributed by atoms with Gasteiger partial charge in [0, 0.05) is 17.0 Å². The minimum Gasteiger partial charge on any atom is -0.396 e. The highest BCUT2D eigenvalue weighted by molar-refractivity contribution is 8.00. The lowest BCUT2D eigenvalue weighted by Gasteiger charge is -2.25. The largest absolute Gasteiger partial charge is 0.396 e. The molecule has 0 unspecified atom stereocenters. The van der Waals surface area contributed by atoms with Gasteiger partial charge >= 0.3 is 0 Å². The molecule has 0 aliphatic heterocycles. The van der Waals surface area contributed by atoms with Gasteiger partial charge in [-0.05, 0) is 44.5 Å². The fourth-order valence-corrected chi connectivity index (χ4v) is 2.13. The maximum Gasteiger partial charge on any atom is 0.230 e. The van der Waals surface area contributed by atoms with Gasteiger partial charge in [-0.15, -0.1) is 11.8 Å². The van der Waals surface area contributed by atoms with E-state index in [-0.39, 0.29) is 24.1 Å².